The molecule has 0 amide bonds. The number of anilines is 1. The number of esters is 1. The number of nitrogens with one attached hydrogen (secondary N) is 1. The van der Waals surface area contributed by atoms with E-state index in [-0.39, 0.29) is 12.0 Å². The van der Waals surface area contributed by atoms with Gasteiger partial charge < -0.3 is 10.1 Å². The third-order valence-electron chi connectivity index (χ3n) is 3.04. The zero-order valence-electron chi connectivity index (χ0n) is 10.2. The molecule has 1 aliphatic heterocycles. The Kier molecular flexibility index (Phi) is 4.95. The summed E-state index contributed by atoms with van der Waals surface area (Å²) in [5.41, 5.74) is 0.941. The third kappa shape index (κ3) is 3.42. The van der Waals surface area contributed by atoms with Gasteiger partial charge in [-0.15, -0.1) is 0 Å². The Morgan fingerprint density at radius 2 is 2.44 bits per heavy atom. The molecule has 18 heavy (non-hydrogen) atoms. The van der Waals surface area contributed by atoms with E-state index in [1.54, 1.807) is 0 Å². The van der Waals surface area contributed by atoms with Gasteiger partial charge in [0.25, 0.3) is 0 Å². The normalized spacial score (nSPS) is 20.4. The molecule has 0 bridgehead atoms. The Labute approximate surface area is 120 Å². The van der Waals surface area contributed by atoms with E-state index in [9.17, 15) is 4.79 Å². The Morgan fingerprint density at radius 3 is 3.06 bits per heavy atom. The molecule has 1 saturated heterocycles. The molecule has 1 aromatic rings. The lowest BCUT2D eigenvalue weighted by Crippen LogP contribution is -2.38. The Hall–Kier alpha value is -0.680. The molecule has 1 aliphatic rings. The fraction of sp³-hybridized carbons (Fsp3) is 0.462. The second-order valence-electron chi connectivity index (χ2n) is 4.28. The number of ether oxygens (including phenoxy) is 1. The molecule has 0 saturated carbocycles. The van der Waals surface area contributed by atoms with Crippen LogP contribution in [-0.2, 0) is 9.53 Å². The van der Waals surface area contributed by atoms with Crippen molar-refractivity contribution in [3.05, 3.63) is 28.7 Å². The highest BCUT2D eigenvalue weighted by Crippen LogP contribution is 2.29. The van der Waals surface area contributed by atoms with Crippen LogP contribution in [0.3, 0.4) is 0 Å². The van der Waals surface area contributed by atoms with Gasteiger partial charge in [0.05, 0.1) is 7.11 Å². The van der Waals surface area contributed by atoms with E-state index in [1.165, 1.54) is 7.11 Å². The highest BCUT2D eigenvalue weighted by molar-refractivity contribution is 9.10. The van der Waals surface area contributed by atoms with Crippen LogP contribution in [-0.4, -0.2) is 30.6 Å². The fourth-order valence-corrected chi connectivity index (χ4v) is 3.77. The van der Waals surface area contributed by atoms with Crippen LogP contribution >= 0.6 is 27.7 Å². The van der Waals surface area contributed by atoms with Crippen molar-refractivity contribution in [2.24, 2.45) is 5.92 Å². The predicted octanol–water partition coefficient (Wildman–Crippen LogP) is 3.16. The molecule has 1 aromatic carbocycles. The number of carbonyl (C=O) groups is 1. The summed E-state index contributed by atoms with van der Waals surface area (Å²) in [4.78, 5) is 11.9. The molecule has 0 spiro atoms. The van der Waals surface area contributed by atoms with Crippen LogP contribution in [0.15, 0.2) is 28.7 Å². The quantitative estimate of drug-likeness (QED) is 0.861. The van der Waals surface area contributed by atoms with Crippen molar-refractivity contribution in [1.29, 1.82) is 0 Å². The van der Waals surface area contributed by atoms with Crippen LogP contribution in [0.25, 0.3) is 0 Å². The molecule has 1 N–H and O–H groups in total. The summed E-state index contributed by atoms with van der Waals surface area (Å²) in [6.45, 7) is 0. The zero-order chi connectivity index (χ0) is 13.0. The Balaban J connectivity index is 2.11. The number of methoxy groups -OCH3 is 1. The lowest BCUT2D eigenvalue weighted by Gasteiger charge is -2.22. The minimum absolute atomic E-state index is 0.178. The van der Waals surface area contributed by atoms with Crippen LogP contribution in [0.2, 0.25) is 0 Å². The standard InChI is InChI=1S/C13H16BrNO2S/c1-17-13(16)12(9-5-6-18-8-9)15-11-4-2-3-10(14)7-11/h2-4,7,9,12,15H,5-6,8H2,1H3. The van der Waals surface area contributed by atoms with Crippen molar-refractivity contribution < 1.29 is 9.53 Å². The van der Waals surface area contributed by atoms with Gasteiger partial charge in [-0.2, -0.15) is 11.8 Å². The molecular formula is C13H16BrNO2S. The smallest absolute Gasteiger partial charge is 0.328 e. The highest BCUT2D eigenvalue weighted by atomic mass is 79.9. The molecule has 0 aliphatic carbocycles. The van der Waals surface area contributed by atoms with Gasteiger partial charge >= 0.3 is 5.97 Å². The lowest BCUT2D eigenvalue weighted by molar-refractivity contribution is -0.142. The van der Waals surface area contributed by atoms with Gasteiger partial charge in [0, 0.05) is 10.2 Å². The van der Waals surface area contributed by atoms with Crippen molar-refractivity contribution in [2.45, 2.75) is 12.5 Å². The summed E-state index contributed by atoms with van der Waals surface area (Å²) >= 11 is 5.32. The summed E-state index contributed by atoms with van der Waals surface area (Å²) in [6.07, 6.45) is 1.06. The van der Waals surface area contributed by atoms with E-state index in [0.717, 1.165) is 28.1 Å². The van der Waals surface area contributed by atoms with Gasteiger partial charge in [-0.1, -0.05) is 22.0 Å². The molecule has 2 unspecified atom stereocenters. The monoisotopic (exact) mass is 329 g/mol. The van der Waals surface area contributed by atoms with E-state index >= 15 is 0 Å². The summed E-state index contributed by atoms with van der Waals surface area (Å²) < 4.78 is 5.90. The van der Waals surface area contributed by atoms with Crippen LogP contribution in [0.4, 0.5) is 5.69 Å². The average molecular weight is 330 g/mol. The Morgan fingerprint density at radius 1 is 1.61 bits per heavy atom. The maximum Gasteiger partial charge on any atom is 0.328 e. The molecular weight excluding hydrogens is 314 g/mol. The summed E-state index contributed by atoms with van der Waals surface area (Å²) in [5.74, 6) is 2.31. The van der Waals surface area contributed by atoms with Crippen molar-refractivity contribution in [3.63, 3.8) is 0 Å². The highest BCUT2D eigenvalue weighted by Gasteiger charge is 2.31. The van der Waals surface area contributed by atoms with Gasteiger partial charge in [-0.3, -0.25) is 0 Å². The van der Waals surface area contributed by atoms with E-state index in [4.69, 9.17) is 4.74 Å². The zero-order valence-corrected chi connectivity index (χ0v) is 12.6. The molecule has 1 heterocycles. The maximum absolute atomic E-state index is 11.9. The first-order valence-electron chi connectivity index (χ1n) is 5.88. The van der Waals surface area contributed by atoms with Crippen molar-refractivity contribution in [2.75, 3.05) is 23.9 Å². The molecule has 5 heteroatoms. The fourth-order valence-electron chi connectivity index (χ4n) is 2.07. The Bertz CT molecular complexity index is 421. The second-order valence-corrected chi connectivity index (χ2v) is 6.34. The summed E-state index contributed by atoms with van der Waals surface area (Å²) in [6, 6.07) is 7.59. The van der Waals surface area contributed by atoms with Gasteiger partial charge in [-0.05, 0) is 42.0 Å². The van der Waals surface area contributed by atoms with Crippen LogP contribution in [0.5, 0.6) is 0 Å². The van der Waals surface area contributed by atoms with Crippen molar-refractivity contribution >= 4 is 39.3 Å². The first-order chi connectivity index (χ1) is 8.70. The molecule has 3 nitrogen and oxygen atoms in total. The van der Waals surface area contributed by atoms with Crippen LogP contribution < -0.4 is 5.32 Å². The molecule has 2 rings (SSSR count). The van der Waals surface area contributed by atoms with Gasteiger partial charge in [0.15, 0.2) is 0 Å². The number of carbonyl (C=O) groups excluding carboxylic acids is 1. The lowest BCUT2D eigenvalue weighted by atomic mass is 9.99. The number of halogens is 1. The topological polar surface area (TPSA) is 38.3 Å². The van der Waals surface area contributed by atoms with Crippen LogP contribution in [0.1, 0.15) is 6.42 Å². The number of hydrogen-bond donors (Lipinski definition) is 1. The predicted molar refractivity (Wildman–Crippen MR) is 79.0 cm³/mol. The van der Waals surface area contributed by atoms with E-state index in [1.807, 2.05) is 36.0 Å². The van der Waals surface area contributed by atoms with Crippen molar-refractivity contribution in [1.82, 2.24) is 0 Å². The number of benzene rings is 1. The minimum Gasteiger partial charge on any atom is -0.467 e. The first kappa shape index (κ1) is 13.7. The van der Waals surface area contributed by atoms with E-state index in [0.29, 0.717) is 5.92 Å². The molecule has 0 radical (unpaired) electrons. The summed E-state index contributed by atoms with van der Waals surface area (Å²) in [5, 5.41) is 3.29. The van der Waals surface area contributed by atoms with Gasteiger partial charge in [0.1, 0.15) is 6.04 Å². The first-order valence-corrected chi connectivity index (χ1v) is 7.83. The summed E-state index contributed by atoms with van der Waals surface area (Å²) in [7, 11) is 1.44. The molecule has 0 aromatic heterocycles. The van der Waals surface area contributed by atoms with Gasteiger partial charge in [0.2, 0.25) is 0 Å². The van der Waals surface area contributed by atoms with Gasteiger partial charge in [-0.25, -0.2) is 4.79 Å². The third-order valence-corrected chi connectivity index (χ3v) is 4.72. The SMILES string of the molecule is COC(=O)C(Nc1cccc(Br)c1)C1CCSC1. The molecule has 98 valence electrons. The second kappa shape index (κ2) is 6.48. The maximum atomic E-state index is 11.9. The molecule has 2 atom stereocenters. The number of hydrogen-bond acceptors (Lipinski definition) is 4. The van der Waals surface area contributed by atoms with E-state index < -0.39 is 0 Å². The molecule has 1 fully saturated rings. The largest absolute Gasteiger partial charge is 0.467 e. The minimum atomic E-state index is -0.251. The van der Waals surface area contributed by atoms with Crippen LogP contribution in [0, 0.1) is 5.92 Å². The number of rotatable bonds is 4. The van der Waals surface area contributed by atoms with Crippen molar-refractivity contribution in [3.8, 4) is 0 Å². The average Bonchev–Trinajstić information content (AvgIpc) is 2.89. The number of thioether (sulfide) groups is 1. The van der Waals surface area contributed by atoms with E-state index in [2.05, 4.69) is 21.2 Å².